The third kappa shape index (κ3) is 2.67. The van der Waals surface area contributed by atoms with Gasteiger partial charge < -0.3 is 5.73 Å². The van der Waals surface area contributed by atoms with Gasteiger partial charge in [-0.25, -0.2) is 4.68 Å². The van der Waals surface area contributed by atoms with Gasteiger partial charge in [-0.1, -0.05) is 19.8 Å². The highest BCUT2D eigenvalue weighted by Gasteiger charge is 2.10. The molecule has 5 nitrogen and oxygen atoms in total. The van der Waals surface area contributed by atoms with Gasteiger partial charge in [-0.15, -0.1) is 5.10 Å². The maximum Gasteiger partial charge on any atom is 0.182 e. The highest BCUT2D eigenvalue weighted by atomic mass is 15.5. The topological polar surface area (TPSA) is 69.6 Å². The highest BCUT2D eigenvalue weighted by molar-refractivity contribution is 5.63. The Bertz CT molecular complexity index is 518. The van der Waals surface area contributed by atoms with E-state index in [0.717, 1.165) is 35.6 Å². The van der Waals surface area contributed by atoms with E-state index in [-0.39, 0.29) is 0 Å². The van der Waals surface area contributed by atoms with Crippen LogP contribution in [0.1, 0.15) is 31.7 Å². The van der Waals surface area contributed by atoms with Gasteiger partial charge in [-0.3, -0.25) is 0 Å². The maximum atomic E-state index is 5.76. The molecule has 2 N–H and O–H groups in total. The summed E-state index contributed by atoms with van der Waals surface area (Å²) in [4.78, 5) is 0. The van der Waals surface area contributed by atoms with Crippen LogP contribution in [-0.2, 0) is 6.54 Å². The molecule has 2 rings (SSSR count). The summed E-state index contributed by atoms with van der Waals surface area (Å²) in [6, 6.07) is 5.81. The molecule has 96 valence electrons. The molecule has 0 saturated heterocycles. The van der Waals surface area contributed by atoms with Crippen LogP contribution in [0, 0.1) is 6.92 Å². The summed E-state index contributed by atoms with van der Waals surface area (Å²) in [6.45, 7) is 5.07. The Kier molecular flexibility index (Phi) is 3.92. The zero-order valence-corrected chi connectivity index (χ0v) is 10.9. The molecule has 2 aromatic rings. The first kappa shape index (κ1) is 12.5. The number of hydrogen-bond donors (Lipinski definition) is 1. The maximum absolute atomic E-state index is 5.76. The van der Waals surface area contributed by atoms with E-state index < -0.39 is 0 Å². The van der Waals surface area contributed by atoms with Crippen molar-refractivity contribution in [2.45, 2.75) is 39.7 Å². The van der Waals surface area contributed by atoms with Crippen LogP contribution in [-0.4, -0.2) is 20.2 Å². The van der Waals surface area contributed by atoms with Crippen LogP contribution in [0.25, 0.3) is 11.4 Å². The van der Waals surface area contributed by atoms with Crippen LogP contribution < -0.4 is 5.73 Å². The first-order valence-corrected chi connectivity index (χ1v) is 6.35. The van der Waals surface area contributed by atoms with Gasteiger partial charge in [0.05, 0.1) is 0 Å². The van der Waals surface area contributed by atoms with Gasteiger partial charge >= 0.3 is 0 Å². The number of anilines is 1. The second-order valence-corrected chi connectivity index (χ2v) is 4.51. The molecule has 18 heavy (non-hydrogen) atoms. The van der Waals surface area contributed by atoms with Gasteiger partial charge in [0.15, 0.2) is 5.82 Å². The first-order chi connectivity index (χ1) is 8.72. The molecule has 0 bridgehead atoms. The Morgan fingerprint density at radius 2 is 2.11 bits per heavy atom. The SMILES string of the molecule is CCCCCn1nnnc1-c1ccc(N)cc1C. The minimum absolute atomic E-state index is 0.765. The molecule has 1 aromatic carbocycles. The number of tetrazole rings is 1. The molecular weight excluding hydrogens is 226 g/mol. The Balaban J connectivity index is 2.25. The minimum atomic E-state index is 0.765. The van der Waals surface area contributed by atoms with Crippen LogP contribution in [0.3, 0.4) is 0 Å². The molecule has 0 amide bonds. The van der Waals surface area contributed by atoms with Gasteiger partial charge in [0.2, 0.25) is 0 Å². The van der Waals surface area contributed by atoms with E-state index in [1.807, 2.05) is 29.8 Å². The average molecular weight is 245 g/mol. The van der Waals surface area contributed by atoms with Crippen LogP contribution in [0.2, 0.25) is 0 Å². The largest absolute Gasteiger partial charge is 0.399 e. The molecule has 0 aliphatic rings. The molecule has 0 radical (unpaired) electrons. The Hall–Kier alpha value is -1.91. The number of hydrogen-bond acceptors (Lipinski definition) is 4. The molecule has 1 aromatic heterocycles. The summed E-state index contributed by atoms with van der Waals surface area (Å²) >= 11 is 0. The average Bonchev–Trinajstić information content (AvgIpc) is 2.78. The van der Waals surface area contributed by atoms with E-state index in [4.69, 9.17) is 5.73 Å². The predicted octanol–water partition coefficient (Wildman–Crippen LogP) is 2.42. The lowest BCUT2D eigenvalue weighted by Crippen LogP contribution is -2.04. The Morgan fingerprint density at radius 1 is 1.28 bits per heavy atom. The van der Waals surface area contributed by atoms with Crippen molar-refractivity contribution in [2.75, 3.05) is 5.73 Å². The summed E-state index contributed by atoms with van der Waals surface area (Å²) in [7, 11) is 0. The molecule has 0 unspecified atom stereocenters. The van der Waals surface area contributed by atoms with Crippen LogP contribution in [0.4, 0.5) is 5.69 Å². The van der Waals surface area contributed by atoms with E-state index in [0.29, 0.717) is 0 Å². The minimum Gasteiger partial charge on any atom is -0.399 e. The van der Waals surface area contributed by atoms with E-state index in [1.54, 1.807) is 0 Å². The zero-order valence-electron chi connectivity index (χ0n) is 10.9. The van der Waals surface area contributed by atoms with Crippen molar-refractivity contribution in [3.05, 3.63) is 23.8 Å². The number of benzene rings is 1. The fourth-order valence-electron chi connectivity index (χ4n) is 2.00. The number of nitrogens with two attached hydrogens (primary N) is 1. The molecule has 0 atom stereocenters. The van der Waals surface area contributed by atoms with Crippen molar-refractivity contribution in [3.8, 4) is 11.4 Å². The van der Waals surface area contributed by atoms with Crippen molar-refractivity contribution in [1.29, 1.82) is 0 Å². The van der Waals surface area contributed by atoms with Crippen LogP contribution >= 0.6 is 0 Å². The second kappa shape index (κ2) is 5.62. The molecule has 0 saturated carbocycles. The van der Waals surface area contributed by atoms with Crippen molar-refractivity contribution in [2.24, 2.45) is 0 Å². The lowest BCUT2D eigenvalue weighted by atomic mass is 10.1. The number of rotatable bonds is 5. The summed E-state index contributed by atoms with van der Waals surface area (Å²) < 4.78 is 1.87. The van der Waals surface area contributed by atoms with E-state index >= 15 is 0 Å². The van der Waals surface area contributed by atoms with Crippen molar-refractivity contribution in [3.63, 3.8) is 0 Å². The molecule has 0 spiro atoms. The Morgan fingerprint density at radius 3 is 2.83 bits per heavy atom. The van der Waals surface area contributed by atoms with Crippen LogP contribution in [0.5, 0.6) is 0 Å². The third-order valence-corrected chi connectivity index (χ3v) is 3.00. The van der Waals surface area contributed by atoms with Gasteiger partial charge in [-0.05, 0) is 47.5 Å². The summed E-state index contributed by atoms with van der Waals surface area (Å²) in [5.41, 5.74) is 8.67. The van der Waals surface area contributed by atoms with Gasteiger partial charge in [0.25, 0.3) is 0 Å². The summed E-state index contributed by atoms with van der Waals surface area (Å²) in [5.74, 6) is 0.823. The second-order valence-electron chi connectivity index (χ2n) is 4.51. The van der Waals surface area contributed by atoms with Gasteiger partial charge in [0, 0.05) is 17.8 Å². The highest BCUT2D eigenvalue weighted by Crippen LogP contribution is 2.22. The lowest BCUT2D eigenvalue weighted by Gasteiger charge is -2.07. The fraction of sp³-hybridized carbons (Fsp3) is 0.462. The predicted molar refractivity (Wildman–Crippen MR) is 71.9 cm³/mol. The molecule has 5 heteroatoms. The molecule has 0 aliphatic heterocycles. The number of unbranched alkanes of at least 4 members (excludes halogenated alkanes) is 2. The first-order valence-electron chi connectivity index (χ1n) is 6.35. The number of nitrogen functional groups attached to an aromatic ring is 1. The molecule has 0 aliphatic carbocycles. The van der Waals surface area contributed by atoms with Crippen molar-refractivity contribution < 1.29 is 0 Å². The van der Waals surface area contributed by atoms with Gasteiger partial charge in [-0.2, -0.15) is 0 Å². The summed E-state index contributed by atoms with van der Waals surface area (Å²) in [5, 5.41) is 11.9. The van der Waals surface area contributed by atoms with Crippen molar-refractivity contribution in [1.82, 2.24) is 20.2 Å². The van der Waals surface area contributed by atoms with Gasteiger partial charge in [0.1, 0.15) is 0 Å². The number of aromatic nitrogens is 4. The van der Waals surface area contributed by atoms with E-state index in [9.17, 15) is 0 Å². The standard InChI is InChI=1S/C13H19N5/c1-3-4-5-8-18-13(15-16-17-18)12-7-6-11(14)9-10(12)2/h6-7,9H,3-5,8,14H2,1-2H3. The van der Waals surface area contributed by atoms with Crippen molar-refractivity contribution >= 4 is 5.69 Å². The summed E-state index contributed by atoms with van der Waals surface area (Å²) in [6.07, 6.45) is 3.49. The monoisotopic (exact) mass is 245 g/mol. The number of aryl methyl sites for hydroxylation is 2. The lowest BCUT2D eigenvalue weighted by molar-refractivity contribution is 0.541. The Labute approximate surface area is 107 Å². The molecule has 1 heterocycles. The third-order valence-electron chi connectivity index (χ3n) is 3.00. The number of nitrogens with zero attached hydrogens (tertiary/aromatic N) is 4. The molecule has 0 fully saturated rings. The van der Waals surface area contributed by atoms with E-state index in [1.165, 1.54) is 12.8 Å². The fourth-order valence-corrected chi connectivity index (χ4v) is 2.00. The zero-order chi connectivity index (χ0) is 13.0. The van der Waals surface area contributed by atoms with Crippen LogP contribution in [0.15, 0.2) is 18.2 Å². The smallest absolute Gasteiger partial charge is 0.182 e. The normalized spacial score (nSPS) is 10.8. The molecular formula is C13H19N5. The quantitative estimate of drug-likeness (QED) is 0.648. The van der Waals surface area contributed by atoms with E-state index in [2.05, 4.69) is 22.4 Å².